The number of nitrogens with one attached hydrogen (secondary N) is 1. The second-order valence-corrected chi connectivity index (χ2v) is 7.63. The molecule has 3 heterocycles. The van der Waals surface area contributed by atoms with Gasteiger partial charge in [0.1, 0.15) is 11.8 Å². The molecule has 2 atom stereocenters. The van der Waals surface area contributed by atoms with E-state index < -0.39 is 0 Å². The molecule has 2 aliphatic rings. The van der Waals surface area contributed by atoms with Crippen LogP contribution in [0.3, 0.4) is 0 Å². The first-order valence-corrected chi connectivity index (χ1v) is 9.47. The van der Waals surface area contributed by atoms with Crippen molar-refractivity contribution >= 4 is 5.91 Å². The first kappa shape index (κ1) is 16.8. The molecule has 1 amide bonds. The third-order valence-electron chi connectivity index (χ3n) is 6.09. The van der Waals surface area contributed by atoms with Crippen LogP contribution in [0.15, 0.2) is 47.1 Å². The van der Waals surface area contributed by atoms with Crippen LogP contribution in [0.4, 0.5) is 0 Å². The molecule has 1 saturated heterocycles. The van der Waals surface area contributed by atoms with Crippen molar-refractivity contribution in [3.63, 3.8) is 0 Å². The zero-order valence-electron chi connectivity index (χ0n) is 15.3. The van der Waals surface area contributed by atoms with E-state index in [-0.39, 0.29) is 11.3 Å². The van der Waals surface area contributed by atoms with Gasteiger partial charge in [-0.2, -0.15) is 10.2 Å². The highest BCUT2D eigenvalue weighted by Crippen LogP contribution is 2.50. The Bertz CT molecular complexity index is 1060. The summed E-state index contributed by atoms with van der Waals surface area (Å²) in [6, 6.07) is 13.4. The lowest BCUT2D eigenvalue weighted by molar-refractivity contribution is 0.0775. The number of nitriles is 1. The number of likely N-dealkylation sites (tertiary alicyclic amines) is 1. The lowest BCUT2D eigenvalue weighted by Crippen LogP contribution is -2.34. The van der Waals surface area contributed by atoms with Gasteiger partial charge in [0.15, 0.2) is 0 Å². The highest BCUT2D eigenvalue weighted by molar-refractivity contribution is 5.94. The van der Waals surface area contributed by atoms with Gasteiger partial charge in [-0.3, -0.25) is 4.79 Å². The molecule has 0 bridgehead atoms. The minimum atomic E-state index is -0.274. The van der Waals surface area contributed by atoms with Gasteiger partial charge in [0.2, 0.25) is 11.7 Å². The summed E-state index contributed by atoms with van der Waals surface area (Å²) in [5.41, 5.74) is 1.55. The van der Waals surface area contributed by atoms with Gasteiger partial charge in [0.05, 0.1) is 11.0 Å². The number of aromatic amines is 1. The molecule has 3 aromatic rings. The quantitative estimate of drug-likeness (QED) is 0.760. The topological polar surface area (TPSA) is 98.8 Å². The first-order chi connectivity index (χ1) is 13.7. The summed E-state index contributed by atoms with van der Waals surface area (Å²) in [7, 11) is 0. The Hall–Kier alpha value is -3.40. The monoisotopic (exact) mass is 373 g/mol. The van der Waals surface area contributed by atoms with Crippen LogP contribution in [0.1, 0.15) is 41.2 Å². The van der Waals surface area contributed by atoms with Crippen molar-refractivity contribution in [1.82, 2.24) is 20.0 Å². The van der Waals surface area contributed by atoms with Crippen LogP contribution in [0.25, 0.3) is 11.4 Å². The van der Waals surface area contributed by atoms with Crippen molar-refractivity contribution in [2.24, 2.45) is 5.92 Å². The van der Waals surface area contributed by atoms with E-state index in [0.29, 0.717) is 42.0 Å². The SMILES string of the molecule is N#Cc1cc(C(=O)N2C[C@H]3CCC[C@@]3(c3nc(-c4ccccc4)no3)C2)c[nH]1. The van der Waals surface area contributed by atoms with Gasteiger partial charge >= 0.3 is 0 Å². The fourth-order valence-corrected chi connectivity index (χ4v) is 4.69. The summed E-state index contributed by atoms with van der Waals surface area (Å²) in [5.74, 6) is 1.48. The molecule has 0 spiro atoms. The molecule has 1 saturated carbocycles. The molecule has 5 rings (SSSR count). The zero-order valence-corrected chi connectivity index (χ0v) is 15.3. The number of aromatic nitrogens is 3. The molecule has 0 radical (unpaired) electrons. The van der Waals surface area contributed by atoms with E-state index in [9.17, 15) is 4.79 Å². The molecular formula is C21H19N5O2. The molecule has 1 aliphatic heterocycles. The maximum absolute atomic E-state index is 12.9. The predicted molar refractivity (Wildman–Crippen MR) is 100 cm³/mol. The minimum Gasteiger partial charge on any atom is -0.352 e. The Morgan fingerprint density at radius 2 is 2.21 bits per heavy atom. The number of rotatable bonds is 3. The van der Waals surface area contributed by atoms with Gasteiger partial charge in [-0.05, 0) is 24.8 Å². The molecule has 1 N–H and O–H groups in total. The molecule has 1 aromatic carbocycles. The highest BCUT2D eigenvalue weighted by atomic mass is 16.5. The van der Waals surface area contributed by atoms with E-state index in [0.717, 1.165) is 24.8 Å². The van der Waals surface area contributed by atoms with E-state index in [2.05, 4.69) is 10.1 Å². The summed E-state index contributed by atoms with van der Waals surface area (Å²) < 4.78 is 5.71. The molecule has 2 aromatic heterocycles. The van der Waals surface area contributed by atoms with E-state index in [1.165, 1.54) is 0 Å². The van der Waals surface area contributed by atoms with Crippen molar-refractivity contribution in [2.45, 2.75) is 24.7 Å². The number of amides is 1. The predicted octanol–water partition coefficient (Wildman–Crippen LogP) is 3.13. The normalized spacial score (nSPS) is 23.5. The largest absolute Gasteiger partial charge is 0.352 e. The lowest BCUT2D eigenvalue weighted by Gasteiger charge is -2.24. The Morgan fingerprint density at radius 1 is 1.36 bits per heavy atom. The second-order valence-electron chi connectivity index (χ2n) is 7.63. The number of carbonyl (C=O) groups excluding carboxylic acids is 1. The Kier molecular flexibility index (Phi) is 3.79. The van der Waals surface area contributed by atoms with Crippen LogP contribution in [-0.4, -0.2) is 39.0 Å². The van der Waals surface area contributed by atoms with Crippen LogP contribution in [0, 0.1) is 17.2 Å². The summed E-state index contributed by atoms with van der Waals surface area (Å²) in [5, 5.41) is 13.2. The summed E-state index contributed by atoms with van der Waals surface area (Å²) in [6.07, 6.45) is 4.68. The lowest BCUT2D eigenvalue weighted by atomic mass is 9.80. The maximum Gasteiger partial charge on any atom is 0.255 e. The van der Waals surface area contributed by atoms with Crippen molar-refractivity contribution in [1.29, 1.82) is 5.26 Å². The van der Waals surface area contributed by atoms with Crippen molar-refractivity contribution < 1.29 is 9.32 Å². The average molecular weight is 373 g/mol. The summed E-state index contributed by atoms with van der Waals surface area (Å²) >= 11 is 0. The van der Waals surface area contributed by atoms with Gasteiger partial charge in [-0.15, -0.1) is 0 Å². The Balaban J connectivity index is 1.43. The molecule has 1 aliphatic carbocycles. The van der Waals surface area contributed by atoms with Gasteiger partial charge in [0.25, 0.3) is 5.91 Å². The van der Waals surface area contributed by atoms with E-state index in [1.54, 1.807) is 12.3 Å². The fraction of sp³-hybridized carbons (Fsp3) is 0.333. The molecule has 0 unspecified atom stereocenters. The zero-order chi connectivity index (χ0) is 19.1. The molecular weight excluding hydrogens is 354 g/mol. The number of H-pyrrole nitrogens is 1. The van der Waals surface area contributed by atoms with Gasteiger partial charge in [0, 0.05) is 24.8 Å². The number of carbonyl (C=O) groups is 1. The highest BCUT2D eigenvalue weighted by Gasteiger charge is 2.55. The first-order valence-electron chi connectivity index (χ1n) is 9.47. The maximum atomic E-state index is 12.9. The van der Waals surface area contributed by atoms with Crippen molar-refractivity contribution in [2.75, 3.05) is 13.1 Å². The van der Waals surface area contributed by atoms with Crippen LogP contribution in [0.5, 0.6) is 0 Å². The molecule has 2 fully saturated rings. The van der Waals surface area contributed by atoms with E-state index in [4.69, 9.17) is 14.8 Å². The number of hydrogen-bond donors (Lipinski definition) is 1. The van der Waals surface area contributed by atoms with Crippen LogP contribution >= 0.6 is 0 Å². The molecule has 7 nitrogen and oxygen atoms in total. The van der Waals surface area contributed by atoms with Gasteiger partial charge < -0.3 is 14.4 Å². The number of benzene rings is 1. The smallest absolute Gasteiger partial charge is 0.255 e. The van der Waals surface area contributed by atoms with Gasteiger partial charge in [-0.25, -0.2) is 0 Å². The van der Waals surface area contributed by atoms with Crippen LogP contribution in [0.2, 0.25) is 0 Å². The number of nitrogens with zero attached hydrogens (tertiary/aromatic N) is 4. The Labute approximate surface area is 162 Å². The fourth-order valence-electron chi connectivity index (χ4n) is 4.69. The van der Waals surface area contributed by atoms with E-state index >= 15 is 0 Å². The third kappa shape index (κ3) is 2.53. The second kappa shape index (κ2) is 6.34. The standard InChI is InChI=1S/C21H19N5O2/c22-10-17-9-15(11-23-17)19(27)26-12-16-7-4-8-21(16,13-26)20-24-18(25-28-20)14-5-2-1-3-6-14/h1-3,5-6,9,11,16,23H,4,7-8,12-13H2/t16-,21-/m1/s1. The molecule has 140 valence electrons. The van der Waals surface area contributed by atoms with Crippen molar-refractivity contribution in [3.8, 4) is 17.5 Å². The average Bonchev–Trinajstić information content (AvgIpc) is 3.50. The summed E-state index contributed by atoms with van der Waals surface area (Å²) in [4.78, 5) is 22.3. The number of fused-ring (bicyclic) bond motifs is 1. The third-order valence-corrected chi connectivity index (χ3v) is 6.09. The number of hydrogen-bond acceptors (Lipinski definition) is 5. The van der Waals surface area contributed by atoms with Crippen LogP contribution in [-0.2, 0) is 5.41 Å². The van der Waals surface area contributed by atoms with Gasteiger partial charge in [-0.1, -0.05) is 41.9 Å². The molecule has 28 heavy (non-hydrogen) atoms. The summed E-state index contributed by atoms with van der Waals surface area (Å²) in [6.45, 7) is 1.24. The minimum absolute atomic E-state index is 0.0608. The molecule has 7 heteroatoms. The Morgan fingerprint density at radius 3 is 3.00 bits per heavy atom. The van der Waals surface area contributed by atoms with Crippen LogP contribution < -0.4 is 0 Å². The van der Waals surface area contributed by atoms with Crippen molar-refractivity contribution in [3.05, 3.63) is 59.7 Å². The van der Waals surface area contributed by atoms with E-state index in [1.807, 2.05) is 41.3 Å².